The molecule has 2 heterocycles. The van der Waals surface area contributed by atoms with Crippen LogP contribution in [0.15, 0.2) is 54.6 Å². The molecule has 0 radical (unpaired) electrons. The lowest BCUT2D eigenvalue weighted by atomic mass is 10.0. The Morgan fingerprint density at radius 3 is 2.59 bits per heavy atom. The Morgan fingerprint density at radius 2 is 1.83 bits per heavy atom. The monoisotopic (exact) mass is 408 g/mol. The van der Waals surface area contributed by atoms with Gasteiger partial charge in [-0.25, -0.2) is 4.98 Å². The van der Waals surface area contributed by atoms with Crippen LogP contribution in [0.5, 0.6) is 5.75 Å². The fourth-order valence-electron chi connectivity index (χ4n) is 3.23. The summed E-state index contributed by atoms with van der Waals surface area (Å²) in [5.74, 6) is 0.241. The van der Waals surface area contributed by atoms with Gasteiger partial charge in [0, 0.05) is 17.5 Å². The van der Waals surface area contributed by atoms with E-state index in [0.29, 0.717) is 22.0 Å². The Labute approximate surface area is 173 Å². The van der Waals surface area contributed by atoms with E-state index in [-0.39, 0.29) is 18.3 Å². The van der Waals surface area contributed by atoms with Crippen LogP contribution in [-0.2, 0) is 17.8 Å². The molecule has 1 aliphatic heterocycles. The molecule has 2 N–H and O–H groups in total. The zero-order valence-electron chi connectivity index (χ0n) is 16.1. The van der Waals surface area contributed by atoms with Gasteiger partial charge < -0.3 is 9.64 Å². The molecule has 2 aromatic carbocycles. The molecule has 4 rings (SSSR count). The fourth-order valence-corrected chi connectivity index (χ4v) is 4.37. The molecular weight excluding hydrogens is 386 g/mol. The summed E-state index contributed by atoms with van der Waals surface area (Å²) in [4.78, 5) is 31.8. The van der Waals surface area contributed by atoms with Crippen molar-refractivity contribution in [3.63, 3.8) is 0 Å². The highest BCUT2D eigenvalue weighted by Crippen LogP contribution is 2.24. The first-order valence-electron chi connectivity index (χ1n) is 9.51. The lowest BCUT2D eigenvalue weighted by Crippen LogP contribution is -3.08. The summed E-state index contributed by atoms with van der Waals surface area (Å²) in [5.41, 5.74) is 2.31. The molecule has 148 valence electrons. The highest BCUT2D eigenvalue weighted by atomic mass is 32.1. The van der Waals surface area contributed by atoms with Crippen LogP contribution in [0.1, 0.15) is 26.5 Å². The summed E-state index contributed by atoms with van der Waals surface area (Å²) >= 11 is 1.54. The lowest BCUT2D eigenvalue weighted by molar-refractivity contribution is -0.895. The number of ether oxygens (including phenoxy) is 1. The number of amides is 1. The molecule has 7 heteroatoms. The number of nitrogens with zero attached hydrogens (tertiary/aromatic N) is 1. The van der Waals surface area contributed by atoms with Gasteiger partial charge in [0.1, 0.15) is 12.3 Å². The van der Waals surface area contributed by atoms with E-state index in [1.54, 1.807) is 36.4 Å². The van der Waals surface area contributed by atoms with E-state index in [1.165, 1.54) is 21.1 Å². The molecule has 29 heavy (non-hydrogen) atoms. The number of aromatic nitrogens is 1. The van der Waals surface area contributed by atoms with E-state index in [0.717, 1.165) is 25.2 Å². The van der Waals surface area contributed by atoms with E-state index in [4.69, 9.17) is 4.74 Å². The number of likely N-dealkylation sites (N-methyl/N-ethyl adjacent to an activating group) is 1. The largest absolute Gasteiger partial charge is 0.484 e. The maximum atomic E-state index is 12.4. The maximum Gasteiger partial charge on any atom is 0.264 e. The molecule has 0 saturated heterocycles. The number of anilines is 1. The molecule has 0 fully saturated rings. The summed E-state index contributed by atoms with van der Waals surface area (Å²) in [7, 11) is 2.16. The van der Waals surface area contributed by atoms with Gasteiger partial charge in [-0.2, -0.15) is 0 Å². The number of thiazole rings is 1. The summed E-state index contributed by atoms with van der Waals surface area (Å²) in [6, 6.07) is 15.9. The van der Waals surface area contributed by atoms with Gasteiger partial charge in [0.15, 0.2) is 17.5 Å². The third-order valence-corrected chi connectivity index (χ3v) is 5.81. The van der Waals surface area contributed by atoms with Crippen molar-refractivity contribution in [3.05, 3.63) is 76.3 Å². The van der Waals surface area contributed by atoms with Crippen molar-refractivity contribution < 1.29 is 19.2 Å². The Hall–Kier alpha value is -3.03. The van der Waals surface area contributed by atoms with Crippen LogP contribution in [0, 0.1) is 0 Å². The Balaban J connectivity index is 1.31. The number of carbonyl (C=O) groups is 2. The molecule has 0 aliphatic carbocycles. The van der Waals surface area contributed by atoms with Crippen LogP contribution < -0.4 is 15.0 Å². The van der Waals surface area contributed by atoms with Crippen LogP contribution in [0.3, 0.4) is 0 Å². The molecule has 1 amide bonds. The standard InChI is InChI=1S/C22H21N3O3S/c1-25-12-11-18-19(13-25)29-22(23-18)24-20(26)14-28-17-9-7-16(8-10-17)21(27)15-5-3-2-4-6-15/h2-10H,11-14H2,1H3,(H,23,24,26)/p+1. The van der Waals surface area contributed by atoms with Crippen LogP contribution in [0.25, 0.3) is 0 Å². The fraction of sp³-hybridized carbons (Fsp3) is 0.227. The minimum Gasteiger partial charge on any atom is -0.484 e. The first-order chi connectivity index (χ1) is 14.1. The van der Waals surface area contributed by atoms with Gasteiger partial charge in [0.25, 0.3) is 5.91 Å². The van der Waals surface area contributed by atoms with Crippen molar-refractivity contribution in [2.45, 2.75) is 13.0 Å². The molecular formula is C22H22N3O3S+. The van der Waals surface area contributed by atoms with Crippen LogP contribution >= 0.6 is 11.3 Å². The molecule has 0 spiro atoms. The van der Waals surface area contributed by atoms with Gasteiger partial charge in [-0.3, -0.25) is 14.9 Å². The van der Waals surface area contributed by atoms with Gasteiger partial charge >= 0.3 is 0 Å². The smallest absolute Gasteiger partial charge is 0.264 e. The van der Waals surface area contributed by atoms with Crippen LogP contribution in [-0.4, -0.2) is 36.9 Å². The summed E-state index contributed by atoms with van der Waals surface area (Å²) in [6.45, 7) is 1.91. The van der Waals surface area contributed by atoms with Gasteiger partial charge in [-0.1, -0.05) is 41.7 Å². The number of hydrogen-bond acceptors (Lipinski definition) is 5. The van der Waals surface area contributed by atoms with Gasteiger partial charge in [0.05, 0.1) is 24.2 Å². The van der Waals surface area contributed by atoms with Gasteiger partial charge in [-0.05, 0) is 24.3 Å². The third kappa shape index (κ3) is 4.70. The molecule has 0 saturated carbocycles. The van der Waals surface area contributed by atoms with Gasteiger partial charge in [-0.15, -0.1) is 0 Å². The SMILES string of the molecule is C[NH+]1CCc2nc(NC(=O)COc3ccc(C(=O)c4ccccc4)cc3)sc2C1. The van der Waals surface area contributed by atoms with Crippen molar-refractivity contribution in [1.82, 2.24) is 4.98 Å². The normalized spacial score (nSPS) is 15.4. The third-order valence-electron chi connectivity index (χ3n) is 4.80. The van der Waals surface area contributed by atoms with E-state index >= 15 is 0 Å². The predicted octanol–water partition coefficient (Wildman–Crippen LogP) is 1.96. The van der Waals surface area contributed by atoms with E-state index in [2.05, 4.69) is 17.3 Å². The highest BCUT2D eigenvalue weighted by Gasteiger charge is 2.21. The first-order valence-corrected chi connectivity index (χ1v) is 10.3. The molecule has 1 aromatic heterocycles. The van der Waals surface area contributed by atoms with Crippen molar-refractivity contribution in [3.8, 4) is 5.75 Å². The number of hydrogen-bond donors (Lipinski definition) is 2. The average molecular weight is 409 g/mol. The molecule has 0 bridgehead atoms. The Kier molecular flexibility index (Phi) is 5.69. The quantitative estimate of drug-likeness (QED) is 0.612. The van der Waals surface area contributed by atoms with Crippen LogP contribution in [0.2, 0.25) is 0 Å². The number of nitrogens with one attached hydrogen (secondary N) is 2. The lowest BCUT2D eigenvalue weighted by Gasteiger charge is -2.17. The topological polar surface area (TPSA) is 72.7 Å². The van der Waals surface area contributed by atoms with Gasteiger partial charge in [0.2, 0.25) is 0 Å². The average Bonchev–Trinajstić information content (AvgIpc) is 3.14. The van der Waals surface area contributed by atoms with E-state index in [1.807, 2.05) is 18.2 Å². The second kappa shape index (κ2) is 8.55. The Morgan fingerprint density at radius 1 is 1.10 bits per heavy atom. The number of benzene rings is 2. The van der Waals surface area contributed by atoms with Crippen LogP contribution in [0.4, 0.5) is 5.13 Å². The summed E-state index contributed by atoms with van der Waals surface area (Å²) in [5, 5.41) is 3.44. The highest BCUT2D eigenvalue weighted by molar-refractivity contribution is 7.15. The molecule has 3 aromatic rings. The number of carbonyl (C=O) groups excluding carboxylic acids is 2. The summed E-state index contributed by atoms with van der Waals surface area (Å²) in [6.07, 6.45) is 0.943. The predicted molar refractivity (Wildman–Crippen MR) is 112 cm³/mol. The van der Waals surface area contributed by atoms with Crippen molar-refractivity contribution >= 4 is 28.2 Å². The van der Waals surface area contributed by atoms with Crippen molar-refractivity contribution in [2.24, 2.45) is 0 Å². The maximum absolute atomic E-state index is 12.4. The number of quaternary nitrogens is 1. The first kappa shape index (κ1) is 19.3. The molecule has 6 nitrogen and oxygen atoms in total. The molecule has 1 unspecified atom stereocenters. The number of fused-ring (bicyclic) bond motifs is 1. The second-order valence-electron chi connectivity index (χ2n) is 7.08. The second-order valence-corrected chi connectivity index (χ2v) is 8.16. The van der Waals surface area contributed by atoms with Crippen molar-refractivity contribution in [2.75, 3.05) is 25.5 Å². The van der Waals surface area contributed by atoms with Crippen molar-refractivity contribution in [1.29, 1.82) is 0 Å². The number of rotatable bonds is 6. The summed E-state index contributed by atoms with van der Waals surface area (Å²) < 4.78 is 5.55. The minimum atomic E-state index is -0.249. The molecule has 1 aliphatic rings. The zero-order chi connectivity index (χ0) is 20.2. The zero-order valence-corrected chi connectivity index (χ0v) is 16.9. The minimum absolute atomic E-state index is 0.0462. The van der Waals surface area contributed by atoms with E-state index < -0.39 is 0 Å². The number of ketones is 1. The van der Waals surface area contributed by atoms with E-state index in [9.17, 15) is 9.59 Å². The Bertz CT molecular complexity index is 1020. The molecule has 1 atom stereocenters.